The van der Waals surface area contributed by atoms with Gasteiger partial charge in [0, 0.05) is 25.0 Å². The molecule has 1 atom stereocenters. The van der Waals surface area contributed by atoms with Gasteiger partial charge in [0.15, 0.2) is 6.04 Å². The maximum atomic E-state index is 11.8. The van der Waals surface area contributed by atoms with Gasteiger partial charge in [-0.3, -0.25) is 9.67 Å². The molecule has 2 rings (SSSR count). The summed E-state index contributed by atoms with van der Waals surface area (Å²) in [5, 5.41) is 18.0. The lowest BCUT2D eigenvalue weighted by molar-refractivity contribution is -0.139. The molecular formula is C13H15N5O3. The molecule has 2 amide bonds. The number of nitrogens with one attached hydrogen (secondary N) is 2. The molecule has 0 fully saturated rings. The Morgan fingerprint density at radius 1 is 1.43 bits per heavy atom. The van der Waals surface area contributed by atoms with Crippen LogP contribution in [0.4, 0.5) is 4.79 Å². The fraction of sp³-hybridized carbons (Fsp3) is 0.231. The van der Waals surface area contributed by atoms with Crippen LogP contribution < -0.4 is 10.6 Å². The minimum absolute atomic E-state index is 0.214. The monoisotopic (exact) mass is 289 g/mol. The van der Waals surface area contributed by atoms with E-state index in [2.05, 4.69) is 20.7 Å². The van der Waals surface area contributed by atoms with Crippen LogP contribution in [0.15, 0.2) is 36.8 Å². The average molecular weight is 289 g/mol. The van der Waals surface area contributed by atoms with Crippen molar-refractivity contribution < 1.29 is 14.7 Å². The van der Waals surface area contributed by atoms with E-state index in [0.717, 1.165) is 0 Å². The molecule has 0 radical (unpaired) electrons. The molecular weight excluding hydrogens is 274 g/mol. The van der Waals surface area contributed by atoms with Crippen LogP contribution in [-0.4, -0.2) is 31.9 Å². The summed E-state index contributed by atoms with van der Waals surface area (Å²) in [4.78, 5) is 27.1. The molecule has 0 aliphatic heterocycles. The normalized spacial score (nSPS) is 11.7. The number of carbonyl (C=O) groups is 2. The summed E-state index contributed by atoms with van der Waals surface area (Å²) >= 11 is 0. The van der Waals surface area contributed by atoms with Crippen LogP contribution in [0.1, 0.15) is 17.3 Å². The molecule has 8 nitrogen and oxygen atoms in total. The van der Waals surface area contributed by atoms with Gasteiger partial charge < -0.3 is 15.7 Å². The van der Waals surface area contributed by atoms with Gasteiger partial charge in [0.2, 0.25) is 0 Å². The Bertz CT molecular complexity index is 626. The molecule has 110 valence electrons. The lowest BCUT2D eigenvalue weighted by Gasteiger charge is -2.13. The fourth-order valence-corrected chi connectivity index (χ4v) is 1.73. The number of amides is 2. The maximum absolute atomic E-state index is 11.8. The van der Waals surface area contributed by atoms with Gasteiger partial charge in [-0.15, -0.1) is 0 Å². The second-order valence-corrected chi connectivity index (χ2v) is 4.37. The van der Waals surface area contributed by atoms with Crippen molar-refractivity contribution in [2.45, 2.75) is 12.6 Å². The zero-order valence-corrected chi connectivity index (χ0v) is 11.4. The highest BCUT2D eigenvalue weighted by Gasteiger charge is 2.23. The third-order valence-electron chi connectivity index (χ3n) is 2.74. The van der Waals surface area contributed by atoms with Crippen LogP contribution in [0.5, 0.6) is 0 Å². The second kappa shape index (κ2) is 6.51. The van der Waals surface area contributed by atoms with E-state index >= 15 is 0 Å². The van der Waals surface area contributed by atoms with Crippen LogP contribution in [0.25, 0.3) is 0 Å². The first-order chi connectivity index (χ1) is 10.1. The number of carboxylic acids is 1. The number of urea groups is 1. The molecule has 0 aliphatic carbocycles. The van der Waals surface area contributed by atoms with E-state index in [0.29, 0.717) is 11.3 Å². The highest BCUT2D eigenvalue weighted by molar-refractivity contribution is 5.83. The van der Waals surface area contributed by atoms with Crippen LogP contribution in [0.2, 0.25) is 0 Å². The third kappa shape index (κ3) is 4.03. The summed E-state index contributed by atoms with van der Waals surface area (Å²) in [6.07, 6.45) is 4.56. The number of carbonyl (C=O) groups excluding carboxylic acids is 1. The number of nitrogens with zero attached hydrogens (tertiary/aromatic N) is 3. The molecule has 2 heterocycles. The van der Waals surface area contributed by atoms with Gasteiger partial charge in [0.25, 0.3) is 0 Å². The van der Waals surface area contributed by atoms with Crippen molar-refractivity contribution in [2.24, 2.45) is 7.05 Å². The van der Waals surface area contributed by atoms with Crippen molar-refractivity contribution in [1.82, 2.24) is 25.4 Å². The summed E-state index contributed by atoms with van der Waals surface area (Å²) in [6, 6.07) is 3.60. The molecule has 1 unspecified atom stereocenters. The molecule has 0 bridgehead atoms. The van der Waals surface area contributed by atoms with E-state index in [1.54, 1.807) is 31.4 Å². The summed E-state index contributed by atoms with van der Waals surface area (Å²) in [6.45, 7) is 0.214. The number of aryl methyl sites for hydroxylation is 1. The summed E-state index contributed by atoms with van der Waals surface area (Å²) in [5.41, 5.74) is 1.08. The number of carboxylic acid groups (broad SMARTS) is 1. The van der Waals surface area contributed by atoms with Crippen molar-refractivity contribution >= 4 is 12.0 Å². The highest BCUT2D eigenvalue weighted by atomic mass is 16.4. The van der Waals surface area contributed by atoms with E-state index in [-0.39, 0.29) is 6.54 Å². The summed E-state index contributed by atoms with van der Waals surface area (Å²) in [5.74, 6) is -1.16. The number of pyridine rings is 1. The Kier molecular flexibility index (Phi) is 4.50. The standard InChI is InChI=1S/C13H15N5O3/c1-18-8-9(6-16-18)11(12(19)20)17-13(21)15-7-10-4-2-3-5-14-10/h2-6,8,11H,7H2,1H3,(H,19,20)(H2,15,17,21). The molecule has 2 aromatic rings. The van der Waals surface area contributed by atoms with Crippen molar-refractivity contribution in [2.75, 3.05) is 0 Å². The molecule has 0 aliphatic rings. The zero-order valence-electron chi connectivity index (χ0n) is 11.4. The first-order valence-electron chi connectivity index (χ1n) is 6.22. The van der Waals surface area contributed by atoms with Gasteiger partial charge >= 0.3 is 12.0 Å². The average Bonchev–Trinajstić information content (AvgIpc) is 2.89. The van der Waals surface area contributed by atoms with Gasteiger partial charge in [0.05, 0.1) is 18.4 Å². The predicted molar refractivity (Wildman–Crippen MR) is 73.2 cm³/mol. The molecule has 0 spiro atoms. The van der Waals surface area contributed by atoms with Crippen molar-refractivity contribution in [3.05, 3.63) is 48.0 Å². The SMILES string of the molecule is Cn1cc(C(NC(=O)NCc2ccccn2)C(=O)O)cn1. The molecule has 0 saturated heterocycles. The molecule has 8 heteroatoms. The lowest BCUT2D eigenvalue weighted by atomic mass is 10.1. The van der Waals surface area contributed by atoms with Crippen LogP contribution in [0, 0.1) is 0 Å². The van der Waals surface area contributed by atoms with Gasteiger partial charge in [-0.1, -0.05) is 6.07 Å². The van der Waals surface area contributed by atoms with Crippen LogP contribution in [0.3, 0.4) is 0 Å². The van der Waals surface area contributed by atoms with E-state index < -0.39 is 18.0 Å². The molecule has 2 aromatic heterocycles. The number of aromatic nitrogens is 3. The van der Waals surface area contributed by atoms with E-state index in [9.17, 15) is 14.7 Å². The Morgan fingerprint density at radius 2 is 2.24 bits per heavy atom. The molecule has 0 aromatic carbocycles. The summed E-state index contributed by atoms with van der Waals surface area (Å²) < 4.78 is 1.47. The van der Waals surface area contributed by atoms with Crippen LogP contribution >= 0.6 is 0 Å². The number of hydrogen-bond acceptors (Lipinski definition) is 4. The molecule has 0 saturated carbocycles. The Morgan fingerprint density at radius 3 is 2.81 bits per heavy atom. The van der Waals surface area contributed by atoms with Gasteiger partial charge in [-0.2, -0.15) is 5.10 Å². The lowest BCUT2D eigenvalue weighted by Crippen LogP contribution is -2.40. The topological polar surface area (TPSA) is 109 Å². The third-order valence-corrected chi connectivity index (χ3v) is 2.74. The second-order valence-electron chi connectivity index (χ2n) is 4.37. The first-order valence-corrected chi connectivity index (χ1v) is 6.22. The van der Waals surface area contributed by atoms with Gasteiger partial charge in [-0.05, 0) is 12.1 Å². The quantitative estimate of drug-likeness (QED) is 0.740. The van der Waals surface area contributed by atoms with E-state index in [1.165, 1.54) is 17.1 Å². The number of hydrogen-bond donors (Lipinski definition) is 3. The first kappa shape index (κ1) is 14.5. The Hall–Kier alpha value is -2.90. The number of rotatable bonds is 5. The fourth-order valence-electron chi connectivity index (χ4n) is 1.73. The molecule has 21 heavy (non-hydrogen) atoms. The summed E-state index contributed by atoms with van der Waals surface area (Å²) in [7, 11) is 1.67. The van der Waals surface area contributed by atoms with Gasteiger partial charge in [0.1, 0.15) is 0 Å². The van der Waals surface area contributed by atoms with Crippen molar-refractivity contribution in [3.8, 4) is 0 Å². The Labute approximate surface area is 120 Å². The van der Waals surface area contributed by atoms with E-state index in [1.807, 2.05) is 0 Å². The van der Waals surface area contributed by atoms with Crippen molar-refractivity contribution in [1.29, 1.82) is 0 Å². The molecule has 3 N–H and O–H groups in total. The minimum atomic E-state index is -1.16. The number of aliphatic carboxylic acids is 1. The predicted octanol–water partition coefficient (Wildman–Crippen LogP) is 0.440. The minimum Gasteiger partial charge on any atom is -0.479 e. The Balaban J connectivity index is 1.94. The van der Waals surface area contributed by atoms with Gasteiger partial charge in [-0.25, -0.2) is 9.59 Å². The van der Waals surface area contributed by atoms with E-state index in [4.69, 9.17) is 0 Å². The highest BCUT2D eigenvalue weighted by Crippen LogP contribution is 2.11. The smallest absolute Gasteiger partial charge is 0.331 e. The largest absolute Gasteiger partial charge is 0.479 e. The van der Waals surface area contributed by atoms with Crippen molar-refractivity contribution in [3.63, 3.8) is 0 Å². The van der Waals surface area contributed by atoms with Crippen LogP contribution in [-0.2, 0) is 18.4 Å². The zero-order chi connectivity index (χ0) is 15.2. The maximum Gasteiger partial charge on any atom is 0.331 e.